The Kier molecular flexibility index (Phi) is 5.07. The van der Waals surface area contributed by atoms with Crippen LogP contribution in [-0.2, 0) is 22.2 Å². The lowest BCUT2D eigenvalue weighted by atomic mass is 10.1. The summed E-state index contributed by atoms with van der Waals surface area (Å²) >= 11 is 0. The van der Waals surface area contributed by atoms with E-state index in [1.807, 2.05) is 0 Å². The van der Waals surface area contributed by atoms with E-state index in [1.165, 1.54) is 6.92 Å². The zero-order valence-electron chi connectivity index (χ0n) is 16.5. The number of aromatic nitrogens is 2. The maximum absolute atomic E-state index is 13.1. The Bertz CT molecular complexity index is 1570. The smallest absolute Gasteiger partial charge is 0.416 e. The number of benzene rings is 1. The van der Waals surface area contributed by atoms with Crippen LogP contribution in [0.15, 0.2) is 57.0 Å². The minimum absolute atomic E-state index is 0.284. The van der Waals surface area contributed by atoms with E-state index in [0.29, 0.717) is 24.3 Å². The maximum Gasteiger partial charge on any atom is 0.416 e. The molecule has 1 aromatic carbocycles. The summed E-state index contributed by atoms with van der Waals surface area (Å²) in [4.78, 5) is 16.9. The molecule has 0 aliphatic rings. The largest absolute Gasteiger partial charge is 0.463 e. The molecule has 3 heterocycles. The van der Waals surface area contributed by atoms with E-state index >= 15 is 0 Å². The number of sulfone groups is 1. The van der Waals surface area contributed by atoms with Gasteiger partial charge in [-0.1, -0.05) is 6.92 Å². The van der Waals surface area contributed by atoms with E-state index in [-0.39, 0.29) is 5.39 Å². The van der Waals surface area contributed by atoms with Gasteiger partial charge in [-0.25, -0.2) is 13.4 Å². The molecule has 0 spiro atoms. The maximum atomic E-state index is 13.1. The molecular weight excluding hydrogens is 478 g/mol. The van der Waals surface area contributed by atoms with Gasteiger partial charge in [0.15, 0.2) is 14.9 Å². The standard InChI is InChI=1S/C20H12F6N2O4S/c1-2-33(30,31)18-16(27-15-8-11(20(24,25)26)5-6-28(15)18)13-9-32-14-7-10(19(21,22)23)3-4-12(14)17(13)29/h3-9H,2H2,1H3. The van der Waals surface area contributed by atoms with Gasteiger partial charge in [0, 0.05) is 6.20 Å². The lowest BCUT2D eigenvalue weighted by Gasteiger charge is -2.09. The Morgan fingerprint density at radius 1 is 1.00 bits per heavy atom. The zero-order valence-corrected chi connectivity index (χ0v) is 17.3. The number of halogens is 6. The normalized spacial score (nSPS) is 13.2. The highest BCUT2D eigenvalue weighted by molar-refractivity contribution is 7.91. The molecule has 0 fully saturated rings. The number of imidazole rings is 1. The molecule has 0 aliphatic heterocycles. The van der Waals surface area contributed by atoms with Crippen LogP contribution in [0.4, 0.5) is 26.3 Å². The molecule has 0 unspecified atom stereocenters. The van der Waals surface area contributed by atoms with Gasteiger partial charge >= 0.3 is 12.4 Å². The van der Waals surface area contributed by atoms with Crippen molar-refractivity contribution in [2.45, 2.75) is 24.3 Å². The highest BCUT2D eigenvalue weighted by Gasteiger charge is 2.34. The average molecular weight is 490 g/mol. The van der Waals surface area contributed by atoms with Crippen molar-refractivity contribution in [3.63, 3.8) is 0 Å². The van der Waals surface area contributed by atoms with E-state index in [2.05, 4.69) is 4.98 Å². The number of alkyl halides is 6. The molecule has 4 rings (SSSR count). The van der Waals surface area contributed by atoms with E-state index in [1.54, 1.807) is 0 Å². The predicted molar refractivity (Wildman–Crippen MR) is 104 cm³/mol. The molecule has 13 heteroatoms. The first-order valence-corrected chi connectivity index (χ1v) is 10.8. The van der Waals surface area contributed by atoms with E-state index in [0.717, 1.165) is 22.9 Å². The monoisotopic (exact) mass is 490 g/mol. The lowest BCUT2D eigenvalue weighted by molar-refractivity contribution is -0.138. The molecular formula is C20H12F6N2O4S. The highest BCUT2D eigenvalue weighted by Crippen LogP contribution is 2.34. The first kappa shape index (κ1) is 22.8. The van der Waals surface area contributed by atoms with Crippen LogP contribution in [0, 0.1) is 0 Å². The van der Waals surface area contributed by atoms with Gasteiger partial charge in [-0.05, 0) is 30.3 Å². The van der Waals surface area contributed by atoms with Crippen molar-refractivity contribution in [1.29, 1.82) is 0 Å². The molecule has 0 atom stereocenters. The predicted octanol–water partition coefficient (Wildman–Crippen LogP) is 4.94. The molecule has 3 aromatic heterocycles. The van der Waals surface area contributed by atoms with Crippen molar-refractivity contribution in [3.05, 3.63) is 64.1 Å². The molecule has 6 nitrogen and oxygen atoms in total. The average Bonchev–Trinajstić information content (AvgIpc) is 3.11. The number of hydrogen-bond acceptors (Lipinski definition) is 5. The zero-order chi connectivity index (χ0) is 24.3. The fourth-order valence-corrected chi connectivity index (χ4v) is 4.45. The summed E-state index contributed by atoms with van der Waals surface area (Å²) in [6.45, 7) is 1.30. The van der Waals surface area contributed by atoms with Gasteiger partial charge in [0.1, 0.15) is 23.2 Å². The molecule has 0 aliphatic carbocycles. The van der Waals surface area contributed by atoms with Gasteiger partial charge in [-0.2, -0.15) is 26.3 Å². The van der Waals surface area contributed by atoms with Crippen LogP contribution in [0.5, 0.6) is 0 Å². The Morgan fingerprint density at radius 3 is 2.24 bits per heavy atom. The summed E-state index contributed by atoms with van der Waals surface area (Å²) in [6, 6.07) is 3.43. The Morgan fingerprint density at radius 2 is 1.64 bits per heavy atom. The molecule has 174 valence electrons. The molecule has 0 radical (unpaired) electrons. The Hall–Kier alpha value is -3.35. The number of fused-ring (bicyclic) bond motifs is 2. The van der Waals surface area contributed by atoms with Gasteiger partial charge in [0.25, 0.3) is 0 Å². The van der Waals surface area contributed by atoms with Crippen molar-refractivity contribution >= 4 is 26.5 Å². The summed E-state index contributed by atoms with van der Waals surface area (Å²) in [5, 5.41) is -0.819. The second-order valence-corrected chi connectivity index (χ2v) is 9.19. The van der Waals surface area contributed by atoms with Crippen LogP contribution in [0.1, 0.15) is 18.1 Å². The first-order chi connectivity index (χ1) is 15.2. The van der Waals surface area contributed by atoms with Crippen molar-refractivity contribution in [1.82, 2.24) is 9.38 Å². The molecule has 0 saturated carbocycles. The molecule has 4 aromatic rings. The lowest BCUT2D eigenvalue weighted by Crippen LogP contribution is -2.12. The van der Waals surface area contributed by atoms with E-state index in [9.17, 15) is 39.6 Å². The fraction of sp³-hybridized carbons (Fsp3) is 0.200. The summed E-state index contributed by atoms with van der Waals surface area (Å²) < 4.78 is 110. The second-order valence-electron chi connectivity index (χ2n) is 7.00. The van der Waals surface area contributed by atoms with E-state index in [4.69, 9.17) is 4.42 Å². The summed E-state index contributed by atoms with van der Waals surface area (Å²) in [7, 11) is -4.11. The number of pyridine rings is 1. The van der Waals surface area contributed by atoms with Crippen LogP contribution < -0.4 is 5.43 Å². The quantitative estimate of drug-likeness (QED) is 0.380. The Labute approximate surface area is 181 Å². The van der Waals surface area contributed by atoms with Crippen LogP contribution in [0.3, 0.4) is 0 Å². The third kappa shape index (κ3) is 3.86. The third-order valence-electron chi connectivity index (χ3n) is 4.94. The third-order valence-corrected chi connectivity index (χ3v) is 6.68. The summed E-state index contributed by atoms with van der Waals surface area (Å²) in [6.07, 6.45) is -7.80. The van der Waals surface area contributed by atoms with Crippen LogP contribution in [-0.4, -0.2) is 23.6 Å². The van der Waals surface area contributed by atoms with Crippen molar-refractivity contribution < 1.29 is 39.2 Å². The first-order valence-electron chi connectivity index (χ1n) is 9.19. The topological polar surface area (TPSA) is 81.6 Å². The van der Waals surface area contributed by atoms with Crippen molar-refractivity contribution in [3.8, 4) is 11.3 Å². The summed E-state index contributed by atoms with van der Waals surface area (Å²) in [5.41, 5.74) is -4.72. The molecule has 0 N–H and O–H groups in total. The minimum atomic E-state index is -4.73. The molecule has 33 heavy (non-hydrogen) atoms. The van der Waals surface area contributed by atoms with Crippen molar-refractivity contribution in [2.24, 2.45) is 0 Å². The fourth-order valence-electron chi connectivity index (χ4n) is 3.28. The van der Waals surface area contributed by atoms with Crippen LogP contribution in [0.2, 0.25) is 0 Å². The Balaban J connectivity index is 2.03. The van der Waals surface area contributed by atoms with Crippen molar-refractivity contribution in [2.75, 3.05) is 5.75 Å². The van der Waals surface area contributed by atoms with Crippen LogP contribution >= 0.6 is 0 Å². The second kappa shape index (κ2) is 7.33. The highest BCUT2D eigenvalue weighted by atomic mass is 32.2. The minimum Gasteiger partial charge on any atom is -0.463 e. The number of nitrogens with zero attached hydrogens (tertiary/aromatic N) is 2. The van der Waals surface area contributed by atoms with Gasteiger partial charge in [-0.3, -0.25) is 9.20 Å². The molecule has 0 saturated heterocycles. The summed E-state index contributed by atoms with van der Waals surface area (Å²) in [5.74, 6) is -0.456. The molecule has 0 bridgehead atoms. The SMILES string of the molecule is CCS(=O)(=O)c1c(-c2coc3cc(C(F)(F)F)ccc3c2=O)nc2cc(C(F)(F)F)ccn12. The van der Waals surface area contributed by atoms with Gasteiger partial charge in [0.05, 0.1) is 27.8 Å². The molecule has 0 amide bonds. The van der Waals surface area contributed by atoms with Gasteiger partial charge < -0.3 is 4.42 Å². The number of hydrogen-bond donors (Lipinski definition) is 0. The van der Waals surface area contributed by atoms with Crippen LogP contribution in [0.25, 0.3) is 27.9 Å². The van der Waals surface area contributed by atoms with Gasteiger partial charge in [-0.15, -0.1) is 0 Å². The number of rotatable bonds is 3. The van der Waals surface area contributed by atoms with E-state index < -0.39 is 72.0 Å². The van der Waals surface area contributed by atoms with Gasteiger partial charge in [0.2, 0.25) is 5.43 Å².